The molecule has 27 heavy (non-hydrogen) atoms. The Morgan fingerprint density at radius 3 is 2.78 bits per heavy atom. The molecule has 3 aliphatic heterocycles. The minimum atomic E-state index is -1.62. The molecule has 4 nitrogen and oxygen atoms in total. The molecule has 1 N–H and O–H groups in total. The van der Waals surface area contributed by atoms with Crippen molar-refractivity contribution in [1.29, 1.82) is 0 Å². The molecule has 3 saturated heterocycles. The number of ether oxygens (including phenoxy) is 1. The van der Waals surface area contributed by atoms with Crippen LogP contribution in [-0.4, -0.2) is 47.8 Å². The molecule has 4 rings (SSSR count). The molecule has 0 saturated carbocycles. The summed E-state index contributed by atoms with van der Waals surface area (Å²) in [6.45, 7) is 12.3. The number of hydrogen-bond acceptors (Lipinski definition) is 4. The number of thiophene rings is 1. The molecule has 1 aromatic heterocycles. The van der Waals surface area contributed by atoms with E-state index in [1.54, 1.807) is 12.1 Å². The zero-order chi connectivity index (χ0) is 19.5. The highest BCUT2D eigenvalue weighted by molar-refractivity contribution is 7.10. The van der Waals surface area contributed by atoms with Crippen molar-refractivity contribution in [3.8, 4) is 0 Å². The SMILES string of the molecule is C=CCC(O)(C(=O)O[C@H]1C[N+]2(CCC=C(C)C)CCC1CC2)c1cccs1. The lowest BCUT2D eigenvalue weighted by atomic mass is 9.83. The number of carbonyl (C=O) groups is 1. The zero-order valence-corrected chi connectivity index (χ0v) is 17.3. The number of rotatable bonds is 8. The van der Waals surface area contributed by atoms with Gasteiger partial charge in [-0.15, -0.1) is 17.9 Å². The summed E-state index contributed by atoms with van der Waals surface area (Å²) in [4.78, 5) is 13.6. The third-order valence-corrected chi connectivity index (χ3v) is 7.18. The molecule has 0 spiro atoms. The fourth-order valence-corrected chi connectivity index (χ4v) is 5.36. The van der Waals surface area contributed by atoms with Crippen LogP contribution in [0.5, 0.6) is 0 Å². The lowest BCUT2D eigenvalue weighted by Gasteiger charge is -2.52. The summed E-state index contributed by atoms with van der Waals surface area (Å²) in [6.07, 6.45) is 7.24. The maximum atomic E-state index is 13.0. The number of piperidine rings is 3. The molecule has 0 amide bonds. The standard InChI is InChI=1S/C22H32NO3S/c1-4-11-22(25,20-8-6-15-27-20)21(24)26-19-16-23(12-5-7-17(2)3)13-9-18(19)10-14-23/h4,6-8,15,18-19,25H,1,5,9-14,16H2,2-3H3/q+1/t18?,19-,22?,23?/m0/s1. The Balaban J connectivity index is 1.70. The first-order chi connectivity index (χ1) is 12.9. The highest BCUT2D eigenvalue weighted by Crippen LogP contribution is 2.38. The highest BCUT2D eigenvalue weighted by Gasteiger charge is 2.49. The number of nitrogens with zero attached hydrogens (tertiary/aromatic N) is 1. The summed E-state index contributed by atoms with van der Waals surface area (Å²) >= 11 is 1.38. The zero-order valence-electron chi connectivity index (χ0n) is 16.5. The van der Waals surface area contributed by atoms with Crippen molar-refractivity contribution in [2.45, 2.75) is 51.2 Å². The highest BCUT2D eigenvalue weighted by atomic mass is 32.1. The number of fused-ring (bicyclic) bond motifs is 3. The lowest BCUT2D eigenvalue weighted by molar-refractivity contribution is -0.945. The number of carbonyl (C=O) groups excluding carboxylic acids is 1. The van der Waals surface area contributed by atoms with Crippen LogP contribution in [0.3, 0.4) is 0 Å². The van der Waals surface area contributed by atoms with Gasteiger partial charge in [-0.05, 0) is 25.3 Å². The monoisotopic (exact) mass is 390 g/mol. The normalized spacial score (nSPS) is 29.0. The molecule has 4 heterocycles. The first kappa shape index (κ1) is 20.3. The van der Waals surface area contributed by atoms with E-state index < -0.39 is 11.6 Å². The van der Waals surface area contributed by atoms with E-state index in [1.807, 2.05) is 11.4 Å². The predicted octanol–water partition coefficient (Wildman–Crippen LogP) is 4.02. The first-order valence-corrected chi connectivity index (χ1v) is 10.8. The van der Waals surface area contributed by atoms with Crippen molar-refractivity contribution in [2.75, 3.05) is 26.2 Å². The quantitative estimate of drug-likeness (QED) is 0.414. The van der Waals surface area contributed by atoms with E-state index in [2.05, 4.69) is 26.5 Å². The van der Waals surface area contributed by atoms with Crippen LogP contribution in [0.15, 0.2) is 41.8 Å². The van der Waals surface area contributed by atoms with Gasteiger partial charge < -0.3 is 14.3 Å². The molecule has 0 aliphatic carbocycles. The molecule has 3 fully saturated rings. The van der Waals surface area contributed by atoms with Crippen molar-refractivity contribution < 1.29 is 19.1 Å². The number of hydrogen-bond donors (Lipinski definition) is 1. The smallest absolute Gasteiger partial charge is 0.344 e. The second kappa shape index (κ2) is 8.29. The Bertz CT molecular complexity index is 684. The molecule has 0 radical (unpaired) electrons. The predicted molar refractivity (Wildman–Crippen MR) is 109 cm³/mol. The first-order valence-electron chi connectivity index (χ1n) is 9.95. The van der Waals surface area contributed by atoms with Crippen LogP contribution in [0, 0.1) is 5.92 Å². The van der Waals surface area contributed by atoms with Crippen molar-refractivity contribution in [3.05, 3.63) is 46.7 Å². The van der Waals surface area contributed by atoms with Gasteiger partial charge in [-0.1, -0.05) is 23.8 Å². The second-order valence-corrected chi connectivity index (χ2v) is 9.32. The summed E-state index contributed by atoms with van der Waals surface area (Å²) in [5.74, 6) is -0.0974. The van der Waals surface area contributed by atoms with Crippen molar-refractivity contribution in [1.82, 2.24) is 0 Å². The number of allylic oxidation sites excluding steroid dienone is 1. The molecule has 5 heteroatoms. The van der Waals surface area contributed by atoms with Crippen LogP contribution in [0.2, 0.25) is 0 Å². The Morgan fingerprint density at radius 2 is 2.19 bits per heavy atom. The van der Waals surface area contributed by atoms with Crippen LogP contribution in [0.4, 0.5) is 0 Å². The van der Waals surface area contributed by atoms with Crippen molar-refractivity contribution in [2.24, 2.45) is 5.92 Å². The van der Waals surface area contributed by atoms with Crippen LogP contribution >= 0.6 is 11.3 Å². The minimum Gasteiger partial charge on any atom is -0.454 e. The van der Waals surface area contributed by atoms with E-state index in [-0.39, 0.29) is 12.5 Å². The van der Waals surface area contributed by atoms with Gasteiger partial charge in [0.15, 0.2) is 11.7 Å². The molecule has 3 aliphatic rings. The second-order valence-electron chi connectivity index (χ2n) is 8.38. The molecular formula is C22H32NO3S+. The number of quaternary nitrogens is 1. The molecule has 2 bridgehead atoms. The number of aliphatic hydroxyl groups is 1. The van der Waals surface area contributed by atoms with E-state index in [0.29, 0.717) is 10.8 Å². The molecule has 1 unspecified atom stereocenters. The summed E-state index contributed by atoms with van der Waals surface area (Å²) in [6, 6.07) is 3.64. The summed E-state index contributed by atoms with van der Waals surface area (Å²) in [5.41, 5.74) is -0.261. The molecular weight excluding hydrogens is 358 g/mol. The Hall–Kier alpha value is -1.43. The van der Waals surface area contributed by atoms with Gasteiger partial charge in [0.1, 0.15) is 6.54 Å². The van der Waals surface area contributed by atoms with Crippen LogP contribution < -0.4 is 0 Å². The average Bonchev–Trinajstić information content (AvgIpc) is 3.17. The van der Waals surface area contributed by atoms with Gasteiger partial charge in [0.2, 0.25) is 0 Å². The van der Waals surface area contributed by atoms with Gasteiger partial charge in [-0.25, -0.2) is 4.79 Å². The third kappa shape index (κ3) is 4.36. The summed E-state index contributed by atoms with van der Waals surface area (Å²) < 4.78 is 7.00. The molecule has 148 valence electrons. The van der Waals surface area contributed by atoms with Gasteiger partial charge in [-0.2, -0.15) is 0 Å². The molecule has 0 aromatic carbocycles. The van der Waals surface area contributed by atoms with E-state index in [0.717, 1.165) is 36.8 Å². The Morgan fingerprint density at radius 1 is 1.44 bits per heavy atom. The van der Waals surface area contributed by atoms with Crippen molar-refractivity contribution in [3.63, 3.8) is 0 Å². The Labute approximate surface area is 166 Å². The van der Waals surface area contributed by atoms with E-state index in [9.17, 15) is 9.90 Å². The largest absolute Gasteiger partial charge is 0.454 e. The van der Waals surface area contributed by atoms with Crippen LogP contribution in [-0.2, 0) is 15.1 Å². The van der Waals surface area contributed by atoms with E-state index >= 15 is 0 Å². The maximum absolute atomic E-state index is 13.0. The van der Waals surface area contributed by atoms with Gasteiger partial charge in [0.05, 0.1) is 19.6 Å². The van der Waals surface area contributed by atoms with E-state index in [1.165, 1.54) is 30.0 Å². The fraction of sp³-hybridized carbons (Fsp3) is 0.591. The maximum Gasteiger partial charge on any atom is 0.344 e. The summed E-state index contributed by atoms with van der Waals surface area (Å²) in [5, 5.41) is 12.9. The Kier molecular flexibility index (Phi) is 6.24. The number of esters is 1. The van der Waals surface area contributed by atoms with Gasteiger partial charge in [0.25, 0.3) is 0 Å². The van der Waals surface area contributed by atoms with Gasteiger partial charge in [0, 0.05) is 36.5 Å². The van der Waals surface area contributed by atoms with Gasteiger partial charge in [-0.3, -0.25) is 0 Å². The topological polar surface area (TPSA) is 46.5 Å². The minimum absolute atomic E-state index is 0.0944. The average molecular weight is 391 g/mol. The van der Waals surface area contributed by atoms with Crippen LogP contribution in [0.25, 0.3) is 0 Å². The molecule has 2 atom stereocenters. The fourth-order valence-electron chi connectivity index (χ4n) is 4.54. The lowest BCUT2D eigenvalue weighted by Crippen LogP contribution is -2.65. The van der Waals surface area contributed by atoms with Gasteiger partial charge >= 0.3 is 5.97 Å². The third-order valence-electron chi connectivity index (χ3n) is 6.16. The van der Waals surface area contributed by atoms with Crippen molar-refractivity contribution >= 4 is 17.3 Å². The van der Waals surface area contributed by atoms with E-state index in [4.69, 9.17) is 4.74 Å². The summed E-state index contributed by atoms with van der Waals surface area (Å²) in [7, 11) is 0. The van der Waals surface area contributed by atoms with Crippen LogP contribution in [0.1, 0.15) is 44.4 Å². The molecule has 1 aromatic rings.